The maximum atomic E-state index is 5.92. The highest BCUT2D eigenvalue weighted by atomic mass is 127. The van der Waals surface area contributed by atoms with E-state index in [1.807, 2.05) is 36.4 Å². The number of halogens is 1. The molecule has 0 saturated heterocycles. The molecule has 1 N–H and O–H groups in total. The zero-order chi connectivity index (χ0) is 13.7. The number of ether oxygens (including phenoxy) is 1. The van der Waals surface area contributed by atoms with Gasteiger partial charge < -0.3 is 10.1 Å². The summed E-state index contributed by atoms with van der Waals surface area (Å²) >= 11 is 2.28. The van der Waals surface area contributed by atoms with Gasteiger partial charge in [-0.1, -0.05) is 38.1 Å². The summed E-state index contributed by atoms with van der Waals surface area (Å²) in [6.07, 6.45) is 0. The van der Waals surface area contributed by atoms with Crippen LogP contribution in [0, 0.1) is 3.57 Å². The lowest BCUT2D eigenvalue weighted by molar-refractivity contribution is 0.477. The Bertz CT molecular complexity index is 540. The molecule has 100 valence electrons. The number of hydrogen-bond acceptors (Lipinski definition) is 2. The molecule has 0 amide bonds. The van der Waals surface area contributed by atoms with Crippen molar-refractivity contribution in [1.29, 1.82) is 0 Å². The predicted molar refractivity (Wildman–Crippen MR) is 87.7 cm³/mol. The van der Waals surface area contributed by atoms with Crippen LogP contribution in [0.3, 0.4) is 0 Å². The molecule has 0 aliphatic heterocycles. The van der Waals surface area contributed by atoms with Crippen molar-refractivity contribution in [2.75, 3.05) is 0 Å². The van der Waals surface area contributed by atoms with Crippen molar-refractivity contribution in [3.05, 3.63) is 57.7 Å². The highest BCUT2D eigenvalue weighted by Gasteiger charge is 2.02. The van der Waals surface area contributed by atoms with Crippen molar-refractivity contribution in [3.8, 4) is 11.5 Å². The Kier molecular flexibility index (Phi) is 5.22. The Morgan fingerprint density at radius 2 is 1.89 bits per heavy atom. The van der Waals surface area contributed by atoms with Crippen LogP contribution in [-0.4, -0.2) is 6.04 Å². The van der Waals surface area contributed by atoms with Crippen molar-refractivity contribution >= 4 is 22.6 Å². The smallest absolute Gasteiger partial charge is 0.140 e. The van der Waals surface area contributed by atoms with Crippen LogP contribution in [0.5, 0.6) is 11.5 Å². The summed E-state index contributed by atoms with van der Waals surface area (Å²) < 4.78 is 7.04. The highest BCUT2D eigenvalue weighted by molar-refractivity contribution is 14.1. The van der Waals surface area contributed by atoms with Crippen molar-refractivity contribution in [1.82, 2.24) is 5.32 Å². The molecule has 0 aliphatic rings. The first-order valence-electron chi connectivity index (χ1n) is 6.40. The van der Waals surface area contributed by atoms with Crippen molar-refractivity contribution in [3.63, 3.8) is 0 Å². The Balaban J connectivity index is 2.09. The fourth-order valence-corrected chi connectivity index (χ4v) is 2.19. The fraction of sp³-hybridized carbons (Fsp3) is 0.250. The Labute approximate surface area is 128 Å². The van der Waals surface area contributed by atoms with Gasteiger partial charge in [-0.3, -0.25) is 0 Å². The van der Waals surface area contributed by atoms with E-state index in [9.17, 15) is 0 Å². The van der Waals surface area contributed by atoms with Crippen molar-refractivity contribution in [2.45, 2.75) is 26.4 Å². The quantitative estimate of drug-likeness (QED) is 0.781. The zero-order valence-corrected chi connectivity index (χ0v) is 13.3. The highest BCUT2D eigenvalue weighted by Crippen LogP contribution is 2.26. The molecule has 0 unspecified atom stereocenters. The number of hydrogen-bond donors (Lipinski definition) is 1. The number of nitrogens with one attached hydrogen (secondary N) is 1. The minimum Gasteiger partial charge on any atom is -0.456 e. The van der Waals surface area contributed by atoms with Crippen LogP contribution < -0.4 is 10.1 Å². The van der Waals surface area contributed by atoms with E-state index in [4.69, 9.17) is 4.74 Å². The molecule has 0 fully saturated rings. The SMILES string of the molecule is CC(C)NCc1cccc(Oc2ccccc2I)c1. The molecule has 0 aromatic heterocycles. The van der Waals surface area contributed by atoms with E-state index in [0.717, 1.165) is 21.6 Å². The van der Waals surface area contributed by atoms with Crippen LogP contribution in [0.1, 0.15) is 19.4 Å². The fourth-order valence-electron chi connectivity index (χ4n) is 1.70. The van der Waals surface area contributed by atoms with E-state index >= 15 is 0 Å². The average molecular weight is 367 g/mol. The van der Waals surface area contributed by atoms with Gasteiger partial charge >= 0.3 is 0 Å². The standard InChI is InChI=1S/C16H18INO/c1-12(2)18-11-13-6-5-7-14(10-13)19-16-9-4-3-8-15(16)17/h3-10,12,18H,11H2,1-2H3. The molecule has 2 aromatic rings. The van der Waals surface area contributed by atoms with Crippen LogP contribution in [0.15, 0.2) is 48.5 Å². The molecule has 19 heavy (non-hydrogen) atoms. The topological polar surface area (TPSA) is 21.3 Å². The minimum absolute atomic E-state index is 0.486. The first kappa shape index (κ1) is 14.3. The maximum absolute atomic E-state index is 5.92. The van der Waals surface area contributed by atoms with Crippen LogP contribution in [0.25, 0.3) is 0 Å². The van der Waals surface area contributed by atoms with Gasteiger partial charge in [0.05, 0.1) is 3.57 Å². The zero-order valence-electron chi connectivity index (χ0n) is 11.2. The van der Waals surface area contributed by atoms with E-state index in [1.54, 1.807) is 0 Å². The molecule has 0 heterocycles. The Morgan fingerprint density at radius 3 is 2.63 bits per heavy atom. The van der Waals surface area contributed by atoms with Crippen molar-refractivity contribution < 1.29 is 4.74 Å². The average Bonchev–Trinajstić information content (AvgIpc) is 2.40. The van der Waals surface area contributed by atoms with Crippen LogP contribution >= 0.6 is 22.6 Å². The minimum atomic E-state index is 0.486. The summed E-state index contributed by atoms with van der Waals surface area (Å²) in [4.78, 5) is 0. The van der Waals surface area contributed by atoms with Gasteiger partial charge in [0.2, 0.25) is 0 Å². The third kappa shape index (κ3) is 4.51. The molecule has 3 heteroatoms. The van der Waals surface area contributed by atoms with Crippen LogP contribution in [-0.2, 0) is 6.54 Å². The van der Waals surface area contributed by atoms with E-state index in [0.29, 0.717) is 6.04 Å². The summed E-state index contributed by atoms with van der Waals surface area (Å²) in [7, 11) is 0. The molecule has 0 atom stereocenters. The largest absolute Gasteiger partial charge is 0.456 e. The third-order valence-electron chi connectivity index (χ3n) is 2.68. The van der Waals surface area contributed by atoms with Gasteiger partial charge in [-0.2, -0.15) is 0 Å². The molecule has 2 nitrogen and oxygen atoms in total. The predicted octanol–water partition coefficient (Wildman–Crippen LogP) is 4.58. The molecule has 0 spiro atoms. The second-order valence-electron chi connectivity index (χ2n) is 4.72. The van der Waals surface area contributed by atoms with E-state index in [1.165, 1.54) is 5.56 Å². The van der Waals surface area contributed by atoms with Gasteiger partial charge in [0.1, 0.15) is 11.5 Å². The lowest BCUT2D eigenvalue weighted by Gasteiger charge is -2.11. The van der Waals surface area contributed by atoms with E-state index in [-0.39, 0.29) is 0 Å². The molecule has 0 aliphatic carbocycles. The Morgan fingerprint density at radius 1 is 1.11 bits per heavy atom. The van der Waals surface area contributed by atoms with Gasteiger partial charge in [0, 0.05) is 12.6 Å². The first-order chi connectivity index (χ1) is 9.15. The number of benzene rings is 2. The van der Waals surface area contributed by atoms with Crippen molar-refractivity contribution in [2.24, 2.45) is 0 Å². The molecule has 0 radical (unpaired) electrons. The summed E-state index contributed by atoms with van der Waals surface area (Å²) in [6, 6.07) is 16.7. The van der Waals surface area contributed by atoms with Crippen LogP contribution in [0.2, 0.25) is 0 Å². The van der Waals surface area contributed by atoms with E-state index in [2.05, 4.69) is 53.9 Å². The van der Waals surface area contributed by atoms with Crippen LogP contribution in [0.4, 0.5) is 0 Å². The lowest BCUT2D eigenvalue weighted by atomic mass is 10.2. The third-order valence-corrected chi connectivity index (χ3v) is 3.57. The van der Waals surface area contributed by atoms with Gasteiger partial charge in [-0.15, -0.1) is 0 Å². The molecule has 2 aromatic carbocycles. The monoisotopic (exact) mass is 367 g/mol. The molecule has 2 rings (SSSR count). The number of rotatable bonds is 5. The molecular formula is C16H18INO. The molecule has 0 bridgehead atoms. The van der Waals surface area contributed by atoms with Gasteiger partial charge in [0.25, 0.3) is 0 Å². The van der Waals surface area contributed by atoms with Gasteiger partial charge in [-0.25, -0.2) is 0 Å². The molecular weight excluding hydrogens is 349 g/mol. The maximum Gasteiger partial charge on any atom is 0.140 e. The summed E-state index contributed by atoms with van der Waals surface area (Å²) in [5.41, 5.74) is 1.23. The first-order valence-corrected chi connectivity index (χ1v) is 7.48. The summed E-state index contributed by atoms with van der Waals surface area (Å²) in [6.45, 7) is 5.15. The Hall–Kier alpha value is -1.07. The lowest BCUT2D eigenvalue weighted by Crippen LogP contribution is -2.21. The van der Waals surface area contributed by atoms with Gasteiger partial charge in [0.15, 0.2) is 0 Å². The second kappa shape index (κ2) is 6.91. The summed E-state index contributed by atoms with van der Waals surface area (Å²) in [5.74, 6) is 1.78. The normalized spacial score (nSPS) is 10.7. The van der Waals surface area contributed by atoms with Gasteiger partial charge in [-0.05, 0) is 52.4 Å². The number of para-hydroxylation sites is 1. The molecule has 0 saturated carbocycles. The van der Waals surface area contributed by atoms with E-state index < -0.39 is 0 Å². The second-order valence-corrected chi connectivity index (χ2v) is 5.88. The summed E-state index contributed by atoms with van der Waals surface area (Å²) in [5, 5.41) is 3.41.